The summed E-state index contributed by atoms with van der Waals surface area (Å²) in [6.07, 6.45) is 0. The van der Waals surface area contributed by atoms with Crippen LogP contribution in [0.3, 0.4) is 0 Å². The molecule has 0 atom stereocenters. The molecule has 0 fully saturated rings. The number of nitrogens with one attached hydrogen (secondary N) is 2. The number of carbonyl (C=O) groups excluding carboxylic acids is 2. The minimum absolute atomic E-state index is 0.108. The molecule has 3 rings (SSSR count). The van der Waals surface area contributed by atoms with Gasteiger partial charge in [-0.2, -0.15) is 0 Å². The van der Waals surface area contributed by atoms with Crippen molar-refractivity contribution in [2.24, 2.45) is 0 Å². The SMILES string of the molecule is Cc1ccc(-c2nc(C(=O)NCC(=O)Nc3c(C)cccc3C)cs2)c(C)c1. The molecular weight excluding hydrogens is 370 g/mol. The highest BCUT2D eigenvalue weighted by atomic mass is 32.1. The molecule has 2 N–H and O–H groups in total. The third kappa shape index (κ3) is 4.46. The van der Waals surface area contributed by atoms with Crippen LogP contribution in [-0.2, 0) is 4.79 Å². The van der Waals surface area contributed by atoms with E-state index in [-0.39, 0.29) is 18.4 Å². The van der Waals surface area contributed by atoms with Crippen molar-refractivity contribution in [2.45, 2.75) is 27.7 Å². The number of thiazole rings is 1. The molecule has 0 aliphatic carbocycles. The van der Waals surface area contributed by atoms with Crippen LogP contribution in [-0.4, -0.2) is 23.3 Å². The van der Waals surface area contributed by atoms with Crippen LogP contribution in [0, 0.1) is 27.7 Å². The smallest absolute Gasteiger partial charge is 0.271 e. The molecule has 28 heavy (non-hydrogen) atoms. The number of rotatable bonds is 5. The van der Waals surface area contributed by atoms with E-state index in [4.69, 9.17) is 0 Å². The highest BCUT2D eigenvalue weighted by Crippen LogP contribution is 2.27. The van der Waals surface area contributed by atoms with Gasteiger partial charge in [-0.3, -0.25) is 9.59 Å². The molecule has 0 unspecified atom stereocenters. The van der Waals surface area contributed by atoms with Crippen molar-refractivity contribution >= 4 is 28.8 Å². The second-order valence-corrected chi connectivity index (χ2v) is 7.71. The topological polar surface area (TPSA) is 71.1 Å². The first-order valence-corrected chi connectivity index (χ1v) is 9.90. The van der Waals surface area contributed by atoms with E-state index >= 15 is 0 Å². The number of carbonyl (C=O) groups is 2. The zero-order valence-electron chi connectivity index (χ0n) is 16.4. The average Bonchev–Trinajstić information content (AvgIpc) is 3.13. The maximum atomic E-state index is 12.4. The Hall–Kier alpha value is -2.99. The first-order valence-electron chi connectivity index (χ1n) is 9.02. The monoisotopic (exact) mass is 393 g/mol. The Morgan fingerprint density at radius 1 is 1.00 bits per heavy atom. The average molecular weight is 394 g/mol. The predicted molar refractivity (Wildman–Crippen MR) is 114 cm³/mol. The predicted octanol–water partition coefficient (Wildman–Crippen LogP) is 4.41. The van der Waals surface area contributed by atoms with Crippen LogP contribution in [0.15, 0.2) is 41.8 Å². The lowest BCUT2D eigenvalue weighted by molar-refractivity contribution is -0.115. The summed E-state index contributed by atoms with van der Waals surface area (Å²) in [5.74, 6) is -0.625. The molecule has 144 valence electrons. The number of amides is 2. The normalized spacial score (nSPS) is 10.6. The van der Waals surface area contributed by atoms with E-state index in [0.717, 1.165) is 32.9 Å². The summed E-state index contributed by atoms with van der Waals surface area (Å²) in [4.78, 5) is 29.0. The minimum atomic E-state index is -0.357. The van der Waals surface area contributed by atoms with Crippen molar-refractivity contribution in [3.63, 3.8) is 0 Å². The van der Waals surface area contributed by atoms with Crippen LogP contribution >= 0.6 is 11.3 Å². The van der Waals surface area contributed by atoms with Crippen molar-refractivity contribution in [1.29, 1.82) is 0 Å². The minimum Gasteiger partial charge on any atom is -0.342 e. The van der Waals surface area contributed by atoms with Crippen LogP contribution in [0.4, 0.5) is 5.69 Å². The molecule has 1 aromatic heterocycles. The summed E-state index contributed by atoms with van der Waals surface area (Å²) >= 11 is 1.42. The molecule has 5 nitrogen and oxygen atoms in total. The lowest BCUT2D eigenvalue weighted by atomic mass is 10.1. The molecule has 2 amide bonds. The lowest BCUT2D eigenvalue weighted by Crippen LogP contribution is -2.33. The Balaban J connectivity index is 1.62. The van der Waals surface area contributed by atoms with Crippen LogP contribution in [0.25, 0.3) is 10.6 Å². The van der Waals surface area contributed by atoms with E-state index in [0.29, 0.717) is 5.69 Å². The van der Waals surface area contributed by atoms with Gasteiger partial charge in [-0.15, -0.1) is 11.3 Å². The molecular formula is C22H23N3O2S. The van der Waals surface area contributed by atoms with Gasteiger partial charge >= 0.3 is 0 Å². The highest BCUT2D eigenvalue weighted by molar-refractivity contribution is 7.13. The van der Waals surface area contributed by atoms with Crippen LogP contribution in [0.2, 0.25) is 0 Å². The molecule has 6 heteroatoms. The van der Waals surface area contributed by atoms with E-state index in [1.807, 2.05) is 58.0 Å². The summed E-state index contributed by atoms with van der Waals surface area (Å²) < 4.78 is 0. The summed E-state index contributed by atoms with van der Waals surface area (Å²) in [5.41, 5.74) is 6.39. The number of aromatic nitrogens is 1. The van der Waals surface area contributed by atoms with E-state index in [2.05, 4.69) is 21.7 Å². The number of aryl methyl sites for hydroxylation is 4. The van der Waals surface area contributed by atoms with Gasteiger partial charge in [-0.1, -0.05) is 42.0 Å². The largest absolute Gasteiger partial charge is 0.342 e. The molecule has 0 bridgehead atoms. The fraction of sp³-hybridized carbons (Fsp3) is 0.227. The zero-order valence-corrected chi connectivity index (χ0v) is 17.2. The zero-order chi connectivity index (χ0) is 20.3. The number of hydrogen-bond acceptors (Lipinski definition) is 4. The van der Waals surface area contributed by atoms with Gasteiger partial charge in [-0.25, -0.2) is 4.98 Å². The highest BCUT2D eigenvalue weighted by Gasteiger charge is 2.15. The molecule has 0 spiro atoms. The van der Waals surface area contributed by atoms with Gasteiger partial charge in [0.15, 0.2) is 0 Å². The molecule has 0 radical (unpaired) electrons. The Morgan fingerprint density at radius 2 is 1.71 bits per heavy atom. The van der Waals surface area contributed by atoms with Crippen molar-refractivity contribution < 1.29 is 9.59 Å². The third-order valence-corrected chi connectivity index (χ3v) is 5.38. The van der Waals surface area contributed by atoms with Crippen LogP contribution in [0.1, 0.15) is 32.7 Å². The van der Waals surface area contributed by atoms with Gasteiger partial charge < -0.3 is 10.6 Å². The van der Waals surface area contributed by atoms with E-state index < -0.39 is 0 Å². The van der Waals surface area contributed by atoms with Gasteiger partial charge in [0.1, 0.15) is 10.7 Å². The Labute approximate surface area is 168 Å². The van der Waals surface area contributed by atoms with E-state index in [1.165, 1.54) is 16.9 Å². The van der Waals surface area contributed by atoms with Gasteiger partial charge in [0.2, 0.25) is 5.91 Å². The van der Waals surface area contributed by atoms with Crippen molar-refractivity contribution in [3.8, 4) is 10.6 Å². The van der Waals surface area contributed by atoms with Gasteiger partial charge in [0, 0.05) is 16.6 Å². The van der Waals surface area contributed by atoms with Gasteiger partial charge in [-0.05, 0) is 44.4 Å². The number of nitrogens with zero attached hydrogens (tertiary/aromatic N) is 1. The standard InChI is InChI=1S/C22H23N3O2S/c1-13-8-9-17(16(4)10-13)22-24-18(12-28-22)21(27)23-11-19(26)25-20-14(2)6-5-7-15(20)3/h5-10,12H,11H2,1-4H3,(H,23,27)(H,25,26). The third-order valence-electron chi connectivity index (χ3n) is 4.50. The molecule has 0 aliphatic heterocycles. The first-order chi connectivity index (χ1) is 13.3. The van der Waals surface area contributed by atoms with E-state index in [1.54, 1.807) is 5.38 Å². The van der Waals surface area contributed by atoms with Gasteiger partial charge in [0.05, 0.1) is 6.54 Å². The van der Waals surface area contributed by atoms with Crippen LogP contribution < -0.4 is 10.6 Å². The number of benzene rings is 2. The lowest BCUT2D eigenvalue weighted by Gasteiger charge is -2.11. The quantitative estimate of drug-likeness (QED) is 0.674. The second-order valence-electron chi connectivity index (χ2n) is 6.85. The van der Waals surface area contributed by atoms with Crippen molar-refractivity contribution in [3.05, 3.63) is 69.7 Å². The second kappa shape index (κ2) is 8.35. The molecule has 0 saturated heterocycles. The van der Waals surface area contributed by atoms with Gasteiger partial charge in [0.25, 0.3) is 5.91 Å². The summed E-state index contributed by atoms with van der Waals surface area (Å²) in [6, 6.07) is 12.0. The molecule has 2 aromatic carbocycles. The Morgan fingerprint density at radius 3 is 2.39 bits per heavy atom. The molecule has 0 aliphatic rings. The summed E-state index contributed by atoms with van der Waals surface area (Å²) in [5, 5.41) is 8.01. The van der Waals surface area contributed by atoms with Crippen molar-refractivity contribution in [1.82, 2.24) is 10.3 Å². The first kappa shape index (κ1) is 19.8. The number of para-hydroxylation sites is 1. The summed E-state index contributed by atoms with van der Waals surface area (Å²) in [7, 11) is 0. The van der Waals surface area contributed by atoms with E-state index in [9.17, 15) is 9.59 Å². The Kier molecular flexibility index (Phi) is 5.90. The fourth-order valence-corrected chi connectivity index (χ4v) is 3.89. The molecule has 3 aromatic rings. The maximum Gasteiger partial charge on any atom is 0.271 e. The number of anilines is 1. The van der Waals surface area contributed by atoms with Crippen molar-refractivity contribution in [2.75, 3.05) is 11.9 Å². The summed E-state index contributed by atoms with van der Waals surface area (Å²) in [6.45, 7) is 7.83. The number of hydrogen-bond donors (Lipinski definition) is 2. The van der Waals surface area contributed by atoms with Crippen LogP contribution in [0.5, 0.6) is 0 Å². The molecule has 0 saturated carbocycles. The Bertz CT molecular complexity index is 1020. The molecule has 1 heterocycles. The fourth-order valence-electron chi connectivity index (χ4n) is 3.00. The maximum absolute atomic E-state index is 12.4.